The second-order valence-electron chi connectivity index (χ2n) is 5.47. The minimum Gasteiger partial charge on any atom is -0.484 e. The van der Waals surface area contributed by atoms with E-state index in [1.165, 1.54) is 0 Å². The molecule has 1 aromatic carbocycles. The Kier molecular flexibility index (Phi) is 4.63. The normalized spacial score (nSPS) is 20.1. The van der Waals surface area contributed by atoms with Gasteiger partial charge >= 0.3 is 0 Å². The van der Waals surface area contributed by atoms with Gasteiger partial charge in [0.25, 0.3) is 5.91 Å². The first-order chi connectivity index (χ1) is 10.2. The highest BCUT2D eigenvalue weighted by molar-refractivity contribution is 6.30. The van der Waals surface area contributed by atoms with Crippen molar-refractivity contribution in [2.24, 2.45) is 0 Å². The number of carbonyl (C=O) groups is 1. The largest absolute Gasteiger partial charge is 0.484 e. The van der Waals surface area contributed by atoms with Crippen LogP contribution in [0.3, 0.4) is 0 Å². The Hall–Kier alpha value is -1.30. The summed E-state index contributed by atoms with van der Waals surface area (Å²) in [6.45, 7) is 5.74. The molecule has 1 amide bonds. The van der Waals surface area contributed by atoms with Crippen molar-refractivity contribution in [1.29, 1.82) is 0 Å². The van der Waals surface area contributed by atoms with E-state index in [-0.39, 0.29) is 12.5 Å². The Morgan fingerprint density at radius 1 is 1.19 bits per heavy atom. The lowest BCUT2D eigenvalue weighted by Gasteiger charge is -2.43. The highest BCUT2D eigenvalue weighted by Gasteiger charge is 2.29. The van der Waals surface area contributed by atoms with Crippen LogP contribution in [0.25, 0.3) is 0 Å². The van der Waals surface area contributed by atoms with Crippen LogP contribution < -0.4 is 10.1 Å². The molecule has 5 nitrogen and oxygen atoms in total. The molecule has 0 aliphatic carbocycles. The molecule has 21 heavy (non-hydrogen) atoms. The third kappa shape index (κ3) is 3.67. The Morgan fingerprint density at radius 2 is 1.86 bits per heavy atom. The van der Waals surface area contributed by atoms with E-state index in [1.54, 1.807) is 24.3 Å². The van der Waals surface area contributed by atoms with Crippen molar-refractivity contribution < 1.29 is 9.53 Å². The van der Waals surface area contributed by atoms with Crippen LogP contribution in [-0.2, 0) is 4.79 Å². The number of carbonyl (C=O) groups excluding carboxylic acids is 1. The van der Waals surface area contributed by atoms with Crippen molar-refractivity contribution >= 4 is 17.5 Å². The molecule has 1 aromatic rings. The van der Waals surface area contributed by atoms with Gasteiger partial charge in [-0.15, -0.1) is 0 Å². The summed E-state index contributed by atoms with van der Waals surface area (Å²) in [5, 5.41) is 3.95. The first-order valence-electron chi connectivity index (χ1n) is 7.33. The molecule has 6 heteroatoms. The fourth-order valence-electron chi connectivity index (χ4n) is 2.64. The standard InChI is InChI=1S/C15H20ClN3O2/c16-12-1-3-14(4-2-12)21-11-15(20)19-7-5-18(6-8-19)13-9-17-10-13/h1-4,13,17H,5-11H2. The van der Waals surface area contributed by atoms with Crippen LogP contribution >= 0.6 is 11.6 Å². The minimum atomic E-state index is 0.0522. The van der Waals surface area contributed by atoms with Gasteiger partial charge in [0.05, 0.1) is 0 Å². The first kappa shape index (κ1) is 14.6. The van der Waals surface area contributed by atoms with E-state index in [9.17, 15) is 4.79 Å². The van der Waals surface area contributed by atoms with Gasteiger partial charge in [-0.1, -0.05) is 11.6 Å². The van der Waals surface area contributed by atoms with Gasteiger partial charge in [0.15, 0.2) is 6.61 Å². The molecule has 2 heterocycles. The van der Waals surface area contributed by atoms with Crippen LogP contribution in [0.2, 0.25) is 5.02 Å². The number of halogens is 1. The van der Waals surface area contributed by atoms with Crippen LogP contribution in [0.4, 0.5) is 0 Å². The Balaban J connectivity index is 1.42. The van der Waals surface area contributed by atoms with Crippen molar-refractivity contribution in [2.75, 3.05) is 45.9 Å². The molecule has 1 N–H and O–H groups in total. The molecular formula is C15H20ClN3O2. The Labute approximate surface area is 129 Å². The number of rotatable bonds is 4. The Bertz CT molecular complexity index is 482. The monoisotopic (exact) mass is 309 g/mol. The maximum absolute atomic E-state index is 12.1. The van der Waals surface area contributed by atoms with Crippen molar-refractivity contribution in [3.05, 3.63) is 29.3 Å². The van der Waals surface area contributed by atoms with Crippen LogP contribution in [0.1, 0.15) is 0 Å². The number of piperazine rings is 1. The van der Waals surface area contributed by atoms with E-state index in [0.29, 0.717) is 16.8 Å². The zero-order chi connectivity index (χ0) is 14.7. The lowest BCUT2D eigenvalue weighted by atomic mass is 10.1. The van der Waals surface area contributed by atoms with Gasteiger partial charge in [-0.25, -0.2) is 0 Å². The molecule has 3 rings (SSSR count). The summed E-state index contributed by atoms with van der Waals surface area (Å²) in [4.78, 5) is 16.5. The molecule has 0 bridgehead atoms. The number of nitrogens with one attached hydrogen (secondary N) is 1. The van der Waals surface area contributed by atoms with E-state index in [4.69, 9.17) is 16.3 Å². The van der Waals surface area contributed by atoms with Crippen molar-refractivity contribution in [1.82, 2.24) is 15.1 Å². The van der Waals surface area contributed by atoms with E-state index in [2.05, 4.69) is 10.2 Å². The zero-order valence-electron chi connectivity index (χ0n) is 11.9. The summed E-state index contributed by atoms with van der Waals surface area (Å²) in [6, 6.07) is 7.72. The molecular weight excluding hydrogens is 290 g/mol. The van der Waals surface area contributed by atoms with E-state index < -0.39 is 0 Å². The van der Waals surface area contributed by atoms with Crippen LogP contribution in [0.15, 0.2) is 24.3 Å². The number of benzene rings is 1. The SMILES string of the molecule is O=C(COc1ccc(Cl)cc1)N1CCN(C2CNC2)CC1. The second-order valence-corrected chi connectivity index (χ2v) is 5.91. The molecule has 0 spiro atoms. The average molecular weight is 310 g/mol. The van der Waals surface area contributed by atoms with Crippen LogP contribution in [0, 0.1) is 0 Å². The summed E-state index contributed by atoms with van der Waals surface area (Å²) in [7, 11) is 0. The molecule has 2 saturated heterocycles. The number of hydrogen-bond acceptors (Lipinski definition) is 4. The molecule has 2 aliphatic heterocycles. The summed E-state index contributed by atoms with van der Waals surface area (Å²) >= 11 is 5.81. The third-order valence-corrected chi connectivity index (χ3v) is 4.37. The van der Waals surface area contributed by atoms with Gasteiger partial charge in [0, 0.05) is 50.3 Å². The number of amides is 1. The zero-order valence-corrected chi connectivity index (χ0v) is 12.7. The van der Waals surface area contributed by atoms with E-state index in [1.807, 2.05) is 4.90 Å². The van der Waals surface area contributed by atoms with Gasteiger partial charge in [0.2, 0.25) is 0 Å². The maximum Gasteiger partial charge on any atom is 0.260 e. The van der Waals surface area contributed by atoms with Gasteiger partial charge in [0.1, 0.15) is 5.75 Å². The molecule has 114 valence electrons. The number of nitrogens with zero attached hydrogens (tertiary/aromatic N) is 2. The van der Waals surface area contributed by atoms with Gasteiger partial charge in [-0.3, -0.25) is 9.69 Å². The summed E-state index contributed by atoms with van der Waals surface area (Å²) < 4.78 is 5.51. The van der Waals surface area contributed by atoms with Crippen molar-refractivity contribution in [2.45, 2.75) is 6.04 Å². The van der Waals surface area contributed by atoms with Crippen molar-refractivity contribution in [3.8, 4) is 5.75 Å². The topological polar surface area (TPSA) is 44.8 Å². The quantitative estimate of drug-likeness (QED) is 0.895. The Morgan fingerprint density at radius 3 is 2.43 bits per heavy atom. The fourth-order valence-corrected chi connectivity index (χ4v) is 2.76. The van der Waals surface area contributed by atoms with E-state index in [0.717, 1.165) is 39.3 Å². The lowest BCUT2D eigenvalue weighted by Crippen LogP contribution is -2.62. The summed E-state index contributed by atoms with van der Waals surface area (Å²) in [6.07, 6.45) is 0. The second kappa shape index (κ2) is 6.64. The molecule has 2 aliphatic rings. The predicted molar refractivity (Wildman–Crippen MR) is 81.8 cm³/mol. The highest BCUT2D eigenvalue weighted by Crippen LogP contribution is 2.16. The smallest absolute Gasteiger partial charge is 0.260 e. The highest BCUT2D eigenvalue weighted by atomic mass is 35.5. The van der Waals surface area contributed by atoms with E-state index >= 15 is 0 Å². The number of hydrogen-bond donors (Lipinski definition) is 1. The van der Waals surface area contributed by atoms with Crippen molar-refractivity contribution in [3.63, 3.8) is 0 Å². The fraction of sp³-hybridized carbons (Fsp3) is 0.533. The summed E-state index contributed by atoms with van der Waals surface area (Å²) in [5.41, 5.74) is 0. The summed E-state index contributed by atoms with van der Waals surface area (Å²) in [5.74, 6) is 0.725. The molecule has 0 atom stereocenters. The number of ether oxygens (including phenoxy) is 1. The minimum absolute atomic E-state index is 0.0522. The maximum atomic E-state index is 12.1. The third-order valence-electron chi connectivity index (χ3n) is 4.12. The first-order valence-corrected chi connectivity index (χ1v) is 7.71. The molecule has 0 unspecified atom stereocenters. The predicted octanol–water partition coefficient (Wildman–Crippen LogP) is 0.835. The van der Waals surface area contributed by atoms with Gasteiger partial charge in [-0.05, 0) is 24.3 Å². The van der Waals surface area contributed by atoms with Crippen LogP contribution in [-0.4, -0.2) is 67.6 Å². The van der Waals surface area contributed by atoms with Gasteiger partial charge < -0.3 is 15.0 Å². The average Bonchev–Trinajstić information content (AvgIpc) is 2.45. The lowest BCUT2D eigenvalue weighted by molar-refractivity contribution is -0.135. The molecule has 0 radical (unpaired) electrons. The van der Waals surface area contributed by atoms with Crippen LogP contribution in [0.5, 0.6) is 5.75 Å². The molecule has 2 fully saturated rings. The molecule has 0 saturated carbocycles. The van der Waals surface area contributed by atoms with Gasteiger partial charge in [-0.2, -0.15) is 0 Å². The molecule has 0 aromatic heterocycles.